The molecule has 208 valence electrons. The highest BCUT2D eigenvalue weighted by atomic mass is 32.2. The summed E-state index contributed by atoms with van der Waals surface area (Å²) in [5, 5.41) is 0.575. The number of ether oxygens (including phenoxy) is 1. The van der Waals surface area contributed by atoms with E-state index in [9.17, 15) is 27.6 Å². The summed E-state index contributed by atoms with van der Waals surface area (Å²) < 4.78 is 32.7. The van der Waals surface area contributed by atoms with Crippen LogP contribution in [-0.2, 0) is 30.7 Å². The smallest absolute Gasteiger partial charge is 0.337 e. The predicted octanol–water partition coefficient (Wildman–Crippen LogP) is 3.74. The fraction of sp³-hybridized carbons (Fsp3) is 0.133. The van der Waals surface area contributed by atoms with Gasteiger partial charge in [-0.05, 0) is 54.1 Å². The number of imide groups is 2. The summed E-state index contributed by atoms with van der Waals surface area (Å²) in [6.07, 6.45) is 3.13. The third-order valence-electron chi connectivity index (χ3n) is 6.92. The van der Waals surface area contributed by atoms with Gasteiger partial charge in [-0.15, -0.1) is 0 Å². The molecule has 1 aliphatic rings. The van der Waals surface area contributed by atoms with E-state index in [1.807, 2.05) is 4.57 Å². The second-order valence-electron chi connectivity index (χ2n) is 9.47. The van der Waals surface area contributed by atoms with Crippen molar-refractivity contribution in [1.82, 2.24) is 14.4 Å². The summed E-state index contributed by atoms with van der Waals surface area (Å²) >= 11 is 0. The van der Waals surface area contributed by atoms with Crippen molar-refractivity contribution in [3.63, 3.8) is 0 Å². The quantitative estimate of drug-likeness (QED) is 0.196. The molecule has 11 heteroatoms. The Morgan fingerprint density at radius 1 is 0.854 bits per heavy atom. The molecule has 1 aliphatic heterocycles. The van der Waals surface area contributed by atoms with E-state index in [0.717, 1.165) is 15.4 Å². The lowest BCUT2D eigenvalue weighted by Crippen LogP contribution is -2.52. The van der Waals surface area contributed by atoms with Crippen molar-refractivity contribution in [3.8, 4) is 0 Å². The number of carbonyl (C=O) groups is 4. The summed E-state index contributed by atoms with van der Waals surface area (Å²) in [6, 6.07) is 18.9. The van der Waals surface area contributed by atoms with Crippen LogP contribution in [-0.4, -0.2) is 67.8 Å². The predicted molar refractivity (Wildman–Crippen MR) is 150 cm³/mol. The number of carbonyl (C=O) groups excluding carboxylic acids is 4. The molecule has 0 bridgehead atoms. The summed E-state index contributed by atoms with van der Waals surface area (Å²) in [5.74, 6) is -2.03. The van der Waals surface area contributed by atoms with Gasteiger partial charge in [0.25, 0.3) is 11.8 Å². The molecule has 4 amide bonds. The van der Waals surface area contributed by atoms with Gasteiger partial charge in [-0.25, -0.2) is 18.0 Å². The van der Waals surface area contributed by atoms with E-state index < -0.39 is 33.7 Å². The molecule has 0 radical (unpaired) electrons. The molecule has 1 saturated heterocycles. The third kappa shape index (κ3) is 4.91. The van der Waals surface area contributed by atoms with Gasteiger partial charge in [-0.1, -0.05) is 30.3 Å². The summed E-state index contributed by atoms with van der Waals surface area (Å²) in [5.41, 5.74) is 2.03. The Balaban J connectivity index is 1.56. The van der Waals surface area contributed by atoms with E-state index in [4.69, 9.17) is 4.74 Å². The van der Waals surface area contributed by atoms with E-state index in [2.05, 4.69) is 0 Å². The number of rotatable bonds is 6. The number of likely N-dealkylation sites (N-methyl/N-ethyl adjacent to an activating group) is 2. The molecule has 1 aromatic heterocycles. The number of methoxy groups -OCH3 is 1. The van der Waals surface area contributed by atoms with Crippen molar-refractivity contribution in [1.29, 1.82) is 0 Å². The van der Waals surface area contributed by atoms with Gasteiger partial charge in [-0.2, -0.15) is 0 Å². The lowest BCUT2D eigenvalue weighted by molar-refractivity contribution is -0.134. The Hall–Kier alpha value is -5.03. The third-order valence-corrected chi connectivity index (χ3v) is 8.70. The Morgan fingerprint density at radius 2 is 1.46 bits per heavy atom. The highest BCUT2D eigenvalue weighted by Gasteiger charge is 2.38. The van der Waals surface area contributed by atoms with Crippen LogP contribution in [0.3, 0.4) is 0 Å². The van der Waals surface area contributed by atoms with E-state index >= 15 is 0 Å². The highest BCUT2D eigenvalue weighted by Crippen LogP contribution is 2.29. The molecule has 2 heterocycles. The molecule has 0 aliphatic carbocycles. The van der Waals surface area contributed by atoms with Crippen LogP contribution in [0.2, 0.25) is 0 Å². The summed E-state index contributed by atoms with van der Waals surface area (Å²) in [4.78, 5) is 52.2. The minimum atomic E-state index is -3.67. The molecule has 0 atom stereocenters. The maximum Gasteiger partial charge on any atom is 0.337 e. The van der Waals surface area contributed by atoms with Crippen LogP contribution in [0.4, 0.5) is 4.79 Å². The highest BCUT2D eigenvalue weighted by molar-refractivity contribution is 7.91. The van der Waals surface area contributed by atoms with Crippen molar-refractivity contribution in [3.05, 3.63) is 101 Å². The molecule has 41 heavy (non-hydrogen) atoms. The van der Waals surface area contributed by atoms with Crippen molar-refractivity contribution < 1.29 is 32.3 Å². The minimum absolute atomic E-state index is 0.162. The number of hydrogen-bond acceptors (Lipinski definition) is 7. The first kappa shape index (κ1) is 27.5. The van der Waals surface area contributed by atoms with Crippen molar-refractivity contribution in [2.45, 2.75) is 16.3 Å². The molecule has 0 saturated carbocycles. The molecule has 5 rings (SSSR count). The number of aromatic nitrogens is 1. The van der Waals surface area contributed by atoms with Crippen molar-refractivity contribution in [2.24, 2.45) is 0 Å². The Bertz CT molecular complexity index is 1830. The standard InChI is InChI=1S/C30H25N3O7S/c1-31-27(34)25(28(35)32(2)30(31)37)16-21-18-33(26-14-11-20(15-24(21)26)29(36)40-3)17-19-9-12-23(13-10-19)41(38,39)22-7-5-4-6-8-22/h4-16,18H,17H2,1-3H3. The zero-order valence-corrected chi connectivity index (χ0v) is 23.2. The molecule has 4 aromatic rings. The van der Waals surface area contributed by atoms with Gasteiger partial charge in [0.2, 0.25) is 9.84 Å². The van der Waals surface area contributed by atoms with E-state index in [1.165, 1.54) is 27.3 Å². The molecule has 0 unspecified atom stereocenters. The van der Waals surface area contributed by atoms with Crippen molar-refractivity contribution >= 4 is 50.6 Å². The fourth-order valence-corrected chi connectivity index (χ4v) is 5.93. The number of benzene rings is 3. The van der Waals surface area contributed by atoms with Crippen LogP contribution in [0.1, 0.15) is 21.5 Å². The van der Waals surface area contributed by atoms with Gasteiger partial charge in [0.1, 0.15) is 5.57 Å². The van der Waals surface area contributed by atoms with Gasteiger partial charge in [-0.3, -0.25) is 19.4 Å². The van der Waals surface area contributed by atoms with E-state index in [-0.39, 0.29) is 20.9 Å². The van der Waals surface area contributed by atoms with E-state index in [0.29, 0.717) is 23.0 Å². The van der Waals surface area contributed by atoms with Crippen molar-refractivity contribution in [2.75, 3.05) is 21.2 Å². The van der Waals surface area contributed by atoms with E-state index in [1.54, 1.807) is 79.0 Å². The number of amides is 4. The minimum Gasteiger partial charge on any atom is -0.465 e. The number of fused-ring (bicyclic) bond motifs is 1. The molecule has 0 spiro atoms. The maximum absolute atomic E-state index is 13.0. The molecule has 1 fully saturated rings. The van der Waals surface area contributed by atoms with Gasteiger partial charge in [0, 0.05) is 43.3 Å². The molecule has 3 aromatic carbocycles. The summed E-state index contributed by atoms with van der Waals surface area (Å²) in [7, 11) is 0.186. The average molecular weight is 572 g/mol. The first-order valence-corrected chi connectivity index (χ1v) is 13.9. The van der Waals surface area contributed by atoms with Crippen LogP contribution in [0.5, 0.6) is 0 Å². The van der Waals surface area contributed by atoms with Crippen LogP contribution in [0.25, 0.3) is 17.0 Å². The van der Waals surface area contributed by atoms with Gasteiger partial charge in [0.15, 0.2) is 0 Å². The Labute approximate surface area is 236 Å². The fourth-order valence-electron chi connectivity index (χ4n) is 4.65. The normalized spacial score (nSPS) is 14.1. The zero-order chi connectivity index (χ0) is 29.5. The lowest BCUT2D eigenvalue weighted by Gasteiger charge is -2.28. The molecular weight excluding hydrogens is 546 g/mol. The first-order valence-electron chi connectivity index (χ1n) is 12.4. The van der Waals surface area contributed by atoms with Gasteiger partial charge >= 0.3 is 12.0 Å². The first-order chi connectivity index (χ1) is 19.5. The second-order valence-corrected chi connectivity index (χ2v) is 11.4. The molecular formula is C30H25N3O7S. The molecule has 10 nitrogen and oxygen atoms in total. The zero-order valence-electron chi connectivity index (χ0n) is 22.4. The monoisotopic (exact) mass is 571 g/mol. The van der Waals surface area contributed by atoms with Crippen LogP contribution in [0.15, 0.2) is 94.4 Å². The van der Waals surface area contributed by atoms with Gasteiger partial charge < -0.3 is 9.30 Å². The number of hydrogen-bond donors (Lipinski definition) is 0. The Morgan fingerprint density at radius 3 is 2.07 bits per heavy atom. The maximum atomic E-state index is 13.0. The number of esters is 1. The van der Waals surface area contributed by atoms with Crippen LogP contribution < -0.4 is 0 Å². The number of barbiturate groups is 1. The topological polar surface area (TPSA) is 123 Å². The second kappa shape index (κ2) is 10.5. The number of urea groups is 1. The van der Waals surface area contributed by atoms with Gasteiger partial charge in [0.05, 0.1) is 22.5 Å². The average Bonchev–Trinajstić information content (AvgIpc) is 3.33. The van der Waals surface area contributed by atoms with Crippen LogP contribution >= 0.6 is 0 Å². The Kier molecular flexibility index (Phi) is 7.06. The molecule has 0 N–H and O–H groups in total. The number of nitrogens with zero attached hydrogens (tertiary/aromatic N) is 3. The SMILES string of the molecule is COC(=O)c1ccc2c(c1)c(C=C1C(=O)N(C)C(=O)N(C)C1=O)cn2Cc1ccc(S(=O)(=O)c2ccccc2)cc1. The number of sulfone groups is 1. The summed E-state index contributed by atoms with van der Waals surface area (Å²) in [6.45, 7) is 0.323. The largest absolute Gasteiger partial charge is 0.465 e. The van der Waals surface area contributed by atoms with Crippen LogP contribution in [0, 0.1) is 0 Å². The lowest BCUT2D eigenvalue weighted by atomic mass is 10.0.